The maximum absolute atomic E-state index is 12.0. The van der Waals surface area contributed by atoms with Gasteiger partial charge in [0.2, 0.25) is 0 Å². The Hall–Kier alpha value is -2.60. The van der Waals surface area contributed by atoms with Crippen LogP contribution in [0.1, 0.15) is 26.3 Å². The Balaban J connectivity index is 1.46. The summed E-state index contributed by atoms with van der Waals surface area (Å²) in [5.41, 5.74) is 4.21. The minimum absolute atomic E-state index is 0.104. The summed E-state index contributed by atoms with van der Waals surface area (Å²) in [7, 11) is 0. The highest BCUT2D eigenvalue weighted by molar-refractivity contribution is 7.08. The van der Waals surface area contributed by atoms with Gasteiger partial charge in [-0.25, -0.2) is 4.79 Å². The van der Waals surface area contributed by atoms with Crippen LogP contribution in [-0.4, -0.2) is 22.4 Å². The Morgan fingerprint density at radius 1 is 1.15 bits per heavy atom. The van der Waals surface area contributed by atoms with E-state index < -0.39 is 0 Å². The zero-order chi connectivity index (χ0) is 18.6. The molecule has 5 nitrogen and oxygen atoms in total. The number of aromatic nitrogens is 2. The summed E-state index contributed by atoms with van der Waals surface area (Å²) >= 11 is 1.65. The number of rotatable bonds is 5. The summed E-state index contributed by atoms with van der Waals surface area (Å²) < 4.78 is 1.84. The highest BCUT2D eigenvalue weighted by Crippen LogP contribution is 2.23. The van der Waals surface area contributed by atoms with E-state index in [-0.39, 0.29) is 11.4 Å². The van der Waals surface area contributed by atoms with E-state index in [2.05, 4.69) is 41.9 Å². The van der Waals surface area contributed by atoms with Crippen molar-refractivity contribution in [2.75, 3.05) is 11.9 Å². The van der Waals surface area contributed by atoms with Crippen LogP contribution in [-0.2, 0) is 12.0 Å². The van der Waals surface area contributed by atoms with Crippen molar-refractivity contribution in [1.82, 2.24) is 15.1 Å². The monoisotopic (exact) mass is 368 g/mol. The largest absolute Gasteiger partial charge is 0.336 e. The van der Waals surface area contributed by atoms with Crippen LogP contribution in [0.5, 0.6) is 0 Å². The molecule has 1 aromatic carbocycles. The maximum atomic E-state index is 12.0. The minimum atomic E-state index is -0.210. The van der Waals surface area contributed by atoms with Crippen LogP contribution in [0.2, 0.25) is 0 Å². The van der Waals surface area contributed by atoms with Crippen molar-refractivity contribution in [1.29, 1.82) is 0 Å². The van der Waals surface area contributed by atoms with E-state index in [0.29, 0.717) is 13.1 Å². The Bertz CT molecular complexity index is 845. The van der Waals surface area contributed by atoms with Crippen LogP contribution in [0.15, 0.2) is 53.4 Å². The lowest BCUT2D eigenvalue weighted by Crippen LogP contribution is -2.31. The molecule has 6 heteroatoms. The lowest BCUT2D eigenvalue weighted by atomic mass is 9.87. The second-order valence-electron chi connectivity index (χ2n) is 7.18. The molecule has 0 bridgehead atoms. The second kappa shape index (κ2) is 7.74. The molecule has 0 aliphatic heterocycles. The first-order valence-corrected chi connectivity index (χ1v) is 9.57. The molecule has 0 spiro atoms. The topological polar surface area (TPSA) is 59.0 Å². The molecule has 0 atom stereocenters. The molecule has 3 rings (SSSR count). The first-order chi connectivity index (χ1) is 12.4. The van der Waals surface area contributed by atoms with Gasteiger partial charge in [0.1, 0.15) is 0 Å². The number of anilines is 1. The predicted molar refractivity (Wildman–Crippen MR) is 108 cm³/mol. The van der Waals surface area contributed by atoms with Gasteiger partial charge in [0.15, 0.2) is 0 Å². The summed E-state index contributed by atoms with van der Waals surface area (Å²) in [6, 6.07) is 11.8. The molecular formula is C20H24N4OS. The molecule has 0 saturated heterocycles. The van der Waals surface area contributed by atoms with Gasteiger partial charge in [0.25, 0.3) is 0 Å². The van der Waals surface area contributed by atoms with Gasteiger partial charge in [0, 0.05) is 29.4 Å². The molecule has 2 amide bonds. The average molecular weight is 369 g/mol. The van der Waals surface area contributed by atoms with E-state index in [1.165, 1.54) is 5.56 Å². The maximum Gasteiger partial charge on any atom is 0.319 e. The van der Waals surface area contributed by atoms with Crippen molar-refractivity contribution >= 4 is 23.1 Å². The van der Waals surface area contributed by atoms with Crippen molar-refractivity contribution in [3.8, 4) is 11.3 Å². The van der Waals surface area contributed by atoms with E-state index in [0.717, 1.165) is 16.9 Å². The number of benzene rings is 1. The van der Waals surface area contributed by atoms with Gasteiger partial charge in [-0.1, -0.05) is 32.9 Å². The molecule has 2 heterocycles. The number of urea groups is 1. The standard InChI is InChI=1S/C20H24N4OS/c1-20(2,3)16-4-6-17(7-5-16)22-19(25)21-10-12-24-11-8-18(23-24)15-9-13-26-14-15/h4-9,11,13-14H,10,12H2,1-3H3,(H2,21,22,25). The Morgan fingerprint density at radius 2 is 1.92 bits per heavy atom. The number of hydrogen-bond donors (Lipinski definition) is 2. The third kappa shape index (κ3) is 4.73. The molecule has 136 valence electrons. The smallest absolute Gasteiger partial charge is 0.319 e. The third-order valence-electron chi connectivity index (χ3n) is 4.09. The molecule has 0 aliphatic rings. The Kier molecular flexibility index (Phi) is 5.42. The predicted octanol–water partition coefficient (Wildman–Crippen LogP) is 4.73. The summed E-state index contributed by atoms with van der Waals surface area (Å²) in [6.45, 7) is 7.64. The van der Waals surface area contributed by atoms with E-state index in [4.69, 9.17) is 0 Å². The number of thiophene rings is 1. The lowest BCUT2D eigenvalue weighted by molar-refractivity contribution is 0.251. The third-order valence-corrected chi connectivity index (χ3v) is 4.78. The number of nitrogens with one attached hydrogen (secondary N) is 2. The van der Waals surface area contributed by atoms with Crippen molar-refractivity contribution in [3.63, 3.8) is 0 Å². The fourth-order valence-electron chi connectivity index (χ4n) is 2.56. The van der Waals surface area contributed by atoms with Gasteiger partial charge in [-0.05, 0) is 40.6 Å². The van der Waals surface area contributed by atoms with Gasteiger partial charge in [-0.2, -0.15) is 16.4 Å². The van der Waals surface area contributed by atoms with Gasteiger partial charge in [-0.3, -0.25) is 4.68 Å². The average Bonchev–Trinajstić information content (AvgIpc) is 3.26. The Morgan fingerprint density at radius 3 is 2.58 bits per heavy atom. The zero-order valence-corrected chi connectivity index (χ0v) is 16.1. The molecule has 2 N–H and O–H groups in total. The molecule has 0 radical (unpaired) electrons. The highest BCUT2D eigenvalue weighted by atomic mass is 32.1. The Labute approximate surface area is 158 Å². The molecule has 0 aliphatic carbocycles. The van der Waals surface area contributed by atoms with Crippen LogP contribution in [0.3, 0.4) is 0 Å². The molecule has 2 aromatic heterocycles. The summed E-state index contributed by atoms with van der Waals surface area (Å²) in [5.74, 6) is 0. The van der Waals surface area contributed by atoms with Crippen molar-refractivity contribution in [3.05, 3.63) is 58.9 Å². The van der Waals surface area contributed by atoms with E-state index in [1.807, 2.05) is 52.7 Å². The van der Waals surface area contributed by atoms with Gasteiger partial charge in [0.05, 0.1) is 12.2 Å². The summed E-state index contributed by atoms with van der Waals surface area (Å²) in [6.07, 6.45) is 1.93. The van der Waals surface area contributed by atoms with Crippen LogP contribution in [0, 0.1) is 0 Å². The molecule has 3 aromatic rings. The second-order valence-corrected chi connectivity index (χ2v) is 7.96. The quantitative estimate of drug-likeness (QED) is 0.684. The fraction of sp³-hybridized carbons (Fsp3) is 0.300. The summed E-state index contributed by atoms with van der Waals surface area (Å²) in [4.78, 5) is 12.0. The van der Waals surface area contributed by atoms with Crippen molar-refractivity contribution < 1.29 is 4.79 Å². The van der Waals surface area contributed by atoms with Crippen LogP contribution >= 0.6 is 11.3 Å². The molecule has 0 saturated carbocycles. The normalized spacial score (nSPS) is 11.3. The molecule has 0 unspecified atom stereocenters. The molecular weight excluding hydrogens is 344 g/mol. The van der Waals surface area contributed by atoms with Gasteiger partial charge >= 0.3 is 6.03 Å². The van der Waals surface area contributed by atoms with E-state index in [9.17, 15) is 4.79 Å². The van der Waals surface area contributed by atoms with Gasteiger partial charge < -0.3 is 10.6 Å². The van der Waals surface area contributed by atoms with Gasteiger partial charge in [-0.15, -0.1) is 0 Å². The molecule has 26 heavy (non-hydrogen) atoms. The van der Waals surface area contributed by atoms with Crippen molar-refractivity contribution in [2.24, 2.45) is 0 Å². The number of carbonyl (C=O) groups is 1. The van der Waals surface area contributed by atoms with Crippen LogP contribution < -0.4 is 10.6 Å². The first kappa shape index (κ1) is 18.2. The number of nitrogens with zero attached hydrogens (tertiary/aromatic N) is 2. The van der Waals surface area contributed by atoms with Crippen molar-refractivity contribution in [2.45, 2.75) is 32.7 Å². The fourth-order valence-corrected chi connectivity index (χ4v) is 3.21. The highest BCUT2D eigenvalue weighted by Gasteiger charge is 2.13. The minimum Gasteiger partial charge on any atom is -0.336 e. The van der Waals surface area contributed by atoms with E-state index in [1.54, 1.807) is 11.3 Å². The zero-order valence-electron chi connectivity index (χ0n) is 15.3. The number of hydrogen-bond acceptors (Lipinski definition) is 3. The summed E-state index contributed by atoms with van der Waals surface area (Å²) in [5, 5.41) is 14.3. The number of amides is 2. The lowest BCUT2D eigenvalue weighted by Gasteiger charge is -2.19. The SMILES string of the molecule is CC(C)(C)c1ccc(NC(=O)NCCn2ccc(-c3ccsc3)n2)cc1. The molecule has 0 fully saturated rings. The first-order valence-electron chi connectivity index (χ1n) is 8.63. The van der Waals surface area contributed by atoms with E-state index >= 15 is 0 Å². The van der Waals surface area contributed by atoms with Crippen LogP contribution in [0.4, 0.5) is 10.5 Å². The number of carbonyl (C=O) groups excluding carboxylic acids is 1. The van der Waals surface area contributed by atoms with Crippen LogP contribution in [0.25, 0.3) is 11.3 Å².